The SMILES string of the molecule is CCSCCn1cnc2c(NC(=S)NC)sc(=NC)nc21. The molecule has 2 heterocycles. The second-order valence-corrected chi connectivity index (χ2v) is 6.84. The average Bonchev–Trinajstić information content (AvgIpc) is 2.90. The van der Waals surface area contributed by atoms with Crippen molar-refractivity contribution in [3.8, 4) is 0 Å². The third-order valence-corrected chi connectivity index (χ3v) is 4.89. The zero-order valence-electron chi connectivity index (χ0n) is 12.2. The van der Waals surface area contributed by atoms with Crippen molar-refractivity contribution >= 4 is 56.6 Å². The molecular formula is C12H18N6S3. The molecule has 0 bridgehead atoms. The zero-order valence-corrected chi connectivity index (χ0v) is 14.7. The Morgan fingerprint density at radius 1 is 1.57 bits per heavy atom. The molecule has 0 atom stereocenters. The van der Waals surface area contributed by atoms with Crippen LogP contribution in [0.25, 0.3) is 11.2 Å². The molecule has 0 aliphatic carbocycles. The van der Waals surface area contributed by atoms with Crippen LogP contribution >= 0.6 is 35.3 Å². The molecular weight excluding hydrogens is 324 g/mol. The topological polar surface area (TPSA) is 67.1 Å². The number of anilines is 1. The molecule has 9 heteroatoms. The van der Waals surface area contributed by atoms with Gasteiger partial charge in [-0.25, -0.2) is 4.98 Å². The second-order valence-electron chi connectivity index (χ2n) is 4.06. The van der Waals surface area contributed by atoms with Gasteiger partial charge >= 0.3 is 0 Å². The van der Waals surface area contributed by atoms with E-state index in [4.69, 9.17) is 12.2 Å². The molecule has 2 N–H and O–H groups in total. The van der Waals surface area contributed by atoms with E-state index in [0.717, 1.165) is 34.2 Å². The largest absolute Gasteiger partial charge is 0.366 e. The molecule has 0 saturated carbocycles. The maximum Gasteiger partial charge on any atom is 0.208 e. The molecule has 6 nitrogen and oxygen atoms in total. The molecule has 0 aliphatic rings. The number of nitrogens with zero attached hydrogens (tertiary/aromatic N) is 4. The minimum atomic E-state index is 0.553. The summed E-state index contributed by atoms with van der Waals surface area (Å²) in [6, 6.07) is 0. The molecule has 0 spiro atoms. The van der Waals surface area contributed by atoms with Gasteiger partial charge in [-0.15, -0.1) is 0 Å². The van der Waals surface area contributed by atoms with Gasteiger partial charge in [0.25, 0.3) is 0 Å². The van der Waals surface area contributed by atoms with E-state index in [0.29, 0.717) is 9.91 Å². The quantitative estimate of drug-likeness (QED) is 0.637. The van der Waals surface area contributed by atoms with Gasteiger partial charge in [-0.1, -0.05) is 18.3 Å². The Labute approximate surface area is 137 Å². The van der Waals surface area contributed by atoms with E-state index in [1.54, 1.807) is 14.1 Å². The monoisotopic (exact) mass is 342 g/mol. The van der Waals surface area contributed by atoms with Crippen LogP contribution in [0.4, 0.5) is 5.00 Å². The predicted octanol–water partition coefficient (Wildman–Crippen LogP) is 1.69. The van der Waals surface area contributed by atoms with Crippen LogP contribution in [-0.4, -0.2) is 45.2 Å². The van der Waals surface area contributed by atoms with Crippen LogP contribution < -0.4 is 15.4 Å². The fraction of sp³-hybridized carbons (Fsp3) is 0.500. The lowest BCUT2D eigenvalue weighted by atomic mass is 10.5. The van der Waals surface area contributed by atoms with Crippen LogP contribution in [0.15, 0.2) is 11.3 Å². The normalized spacial score (nSPS) is 11.9. The van der Waals surface area contributed by atoms with E-state index in [9.17, 15) is 0 Å². The number of hydrogen-bond donors (Lipinski definition) is 2. The summed E-state index contributed by atoms with van der Waals surface area (Å²) in [6.45, 7) is 3.04. The van der Waals surface area contributed by atoms with Crippen LogP contribution in [0.2, 0.25) is 0 Å². The maximum absolute atomic E-state index is 5.17. The maximum atomic E-state index is 5.17. The lowest BCUT2D eigenvalue weighted by molar-refractivity contribution is 0.785. The zero-order chi connectivity index (χ0) is 15.2. The van der Waals surface area contributed by atoms with Crippen molar-refractivity contribution in [2.24, 2.45) is 4.99 Å². The van der Waals surface area contributed by atoms with E-state index in [2.05, 4.69) is 37.1 Å². The third-order valence-electron chi connectivity index (χ3n) is 2.75. The van der Waals surface area contributed by atoms with Crippen LogP contribution in [0.5, 0.6) is 0 Å². The molecule has 0 aromatic carbocycles. The van der Waals surface area contributed by atoms with Crippen LogP contribution in [0.3, 0.4) is 0 Å². The highest BCUT2D eigenvalue weighted by Crippen LogP contribution is 2.22. The van der Waals surface area contributed by atoms with Crippen molar-refractivity contribution in [1.29, 1.82) is 0 Å². The molecule has 0 fully saturated rings. The smallest absolute Gasteiger partial charge is 0.208 e. The van der Waals surface area contributed by atoms with Gasteiger partial charge in [0, 0.05) is 26.4 Å². The summed E-state index contributed by atoms with van der Waals surface area (Å²) < 4.78 is 2.06. The summed E-state index contributed by atoms with van der Waals surface area (Å²) in [5, 5.41) is 7.47. The number of fused-ring (bicyclic) bond motifs is 1. The van der Waals surface area contributed by atoms with Crippen molar-refractivity contribution in [2.45, 2.75) is 13.5 Å². The first-order valence-electron chi connectivity index (χ1n) is 6.54. The summed E-state index contributed by atoms with van der Waals surface area (Å²) in [7, 11) is 3.52. The summed E-state index contributed by atoms with van der Waals surface area (Å²) in [5.41, 5.74) is 1.67. The van der Waals surface area contributed by atoms with Crippen molar-refractivity contribution < 1.29 is 0 Å². The number of aryl methyl sites for hydroxylation is 1. The van der Waals surface area contributed by atoms with Crippen molar-refractivity contribution in [2.75, 3.05) is 30.9 Å². The van der Waals surface area contributed by atoms with Gasteiger partial charge in [0.2, 0.25) is 4.80 Å². The fourth-order valence-electron chi connectivity index (χ4n) is 1.72. The molecule has 0 saturated heterocycles. The van der Waals surface area contributed by atoms with Crippen molar-refractivity contribution in [3.05, 3.63) is 11.1 Å². The van der Waals surface area contributed by atoms with E-state index in [-0.39, 0.29) is 0 Å². The lowest BCUT2D eigenvalue weighted by Crippen LogP contribution is -2.24. The Morgan fingerprint density at radius 2 is 2.38 bits per heavy atom. The van der Waals surface area contributed by atoms with Crippen LogP contribution in [0, 0.1) is 0 Å². The molecule has 0 unspecified atom stereocenters. The number of thiocarbonyl (C=S) groups is 1. The number of hydrogen-bond acceptors (Lipinski definition) is 6. The van der Waals surface area contributed by atoms with Crippen molar-refractivity contribution in [3.63, 3.8) is 0 Å². The van der Waals surface area contributed by atoms with E-state index in [1.807, 2.05) is 18.1 Å². The van der Waals surface area contributed by atoms with Gasteiger partial charge in [-0.3, -0.25) is 4.99 Å². The standard InChI is InChI=1S/C12H18N6S3/c1-4-20-6-5-18-7-15-8-9(18)16-12(14-3)21-10(8)17-11(19)13-2/h7H,4-6H2,1-3H3,(H2,13,17,19). The molecule has 0 aliphatic heterocycles. The third kappa shape index (κ3) is 3.92. The number of aromatic nitrogens is 3. The summed E-state index contributed by atoms with van der Waals surface area (Å²) >= 11 is 8.51. The minimum Gasteiger partial charge on any atom is -0.366 e. The average molecular weight is 343 g/mol. The highest BCUT2D eigenvalue weighted by atomic mass is 32.2. The van der Waals surface area contributed by atoms with Gasteiger partial charge in [-0.2, -0.15) is 16.7 Å². The Morgan fingerprint density at radius 3 is 3.05 bits per heavy atom. The Balaban J connectivity index is 2.42. The molecule has 114 valence electrons. The summed E-state index contributed by atoms with van der Waals surface area (Å²) in [5.74, 6) is 2.15. The number of thioether (sulfide) groups is 1. The van der Waals surface area contributed by atoms with Crippen LogP contribution in [-0.2, 0) is 6.54 Å². The number of imidazole rings is 1. The Kier molecular flexibility index (Phi) is 5.95. The molecule has 2 rings (SSSR count). The first-order chi connectivity index (χ1) is 10.2. The predicted molar refractivity (Wildman–Crippen MR) is 95.2 cm³/mol. The summed E-state index contributed by atoms with van der Waals surface area (Å²) in [4.78, 5) is 13.9. The van der Waals surface area contributed by atoms with Gasteiger partial charge in [-0.05, 0) is 18.0 Å². The number of nitrogens with one attached hydrogen (secondary N) is 2. The fourth-order valence-corrected chi connectivity index (χ4v) is 3.30. The van der Waals surface area contributed by atoms with Gasteiger partial charge in [0.05, 0.1) is 6.33 Å². The molecule has 0 radical (unpaired) electrons. The first-order valence-corrected chi connectivity index (χ1v) is 8.92. The van der Waals surface area contributed by atoms with E-state index < -0.39 is 0 Å². The summed E-state index contributed by atoms with van der Waals surface area (Å²) in [6.07, 6.45) is 1.83. The molecule has 2 aromatic heterocycles. The lowest BCUT2D eigenvalue weighted by Gasteiger charge is -2.07. The number of rotatable bonds is 5. The first kappa shape index (κ1) is 16.2. The molecule has 0 amide bonds. The molecule has 21 heavy (non-hydrogen) atoms. The minimum absolute atomic E-state index is 0.553. The van der Waals surface area contributed by atoms with E-state index >= 15 is 0 Å². The van der Waals surface area contributed by atoms with Gasteiger partial charge in [0.15, 0.2) is 10.8 Å². The van der Waals surface area contributed by atoms with E-state index in [1.165, 1.54) is 11.3 Å². The highest BCUT2D eigenvalue weighted by Gasteiger charge is 2.11. The Bertz CT molecular complexity index is 690. The molecule has 2 aromatic rings. The van der Waals surface area contributed by atoms with Crippen molar-refractivity contribution in [1.82, 2.24) is 19.9 Å². The van der Waals surface area contributed by atoms with Gasteiger partial charge < -0.3 is 15.2 Å². The van der Waals surface area contributed by atoms with Gasteiger partial charge in [0.1, 0.15) is 10.5 Å². The Hall–Kier alpha value is -1.19. The highest BCUT2D eigenvalue weighted by molar-refractivity contribution is 7.99. The van der Waals surface area contributed by atoms with Crippen LogP contribution in [0.1, 0.15) is 6.92 Å². The second kappa shape index (κ2) is 7.71.